The second-order valence-electron chi connectivity index (χ2n) is 7.51. The van der Waals surface area contributed by atoms with Gasteiger partial charge >= 0.3 is 23.9 Å². The van der Waals surface area contributed by atoms with E-state index < -0.39 is 29.7 Å². The van der Waals surface area contributed by atoms with Crippen LogP contribution in [0.25, 0.3) is 22.3 Å². The van der Waals surface area contributed by atoms with E-state index in [1.807, 2.05) is 0 Å². The predicted octanol–water partition coefficient (Wildman–Crippen LogP) is 5.53. The third-order valence-electron chi connectivity index (χ3n) is 4.99. The molecule has 3 rings (SSSR count). The van der Waals surface area contributed by atoms with Crippen molar-refractivity contribution in [2.75, 3.05) is 0 Å². The van der Waals surface area contributed by atoms with Gasteiger partial charge in [-0.1, -0.05) is 50.6 Å². The fourth-order valence-electron chi connectivity index (χ4n) is 3.30. The highest BCUT2D eigenvalue weighted by Crippen LogP contribution is 2.39. The fourth-order valence-corrected chi connectivity index (χ4v) is 3.30. The van der Waals surface area contributed by atoms with Gasteiger partial charge in [-0.2, -0.15) is 0 Å². The fraction of sp³-hybridized carbons (Fsp3) is 0. The summed E-state index contributed by atoms with van der Waals surface area (Å²) in [5.74, 6) is -4.19. The van der Waals surface area contributed by atoms with Gasteiger partial charge < -0.3 is 18.9 Å². The molecule has 0 atom stereocenters. The van der Waals surface area contributed by atoms with E-state index in [-0.39, 0.29) is 28.6 Å². The molecule has 0 spiro atoms. The molecule has 0 radical (unpaired) electrons. The van der Waals surface area contributed by atoms with Crippen LogP contribution in [0.4, 0.5) is 4.39 Å². The van der Waals surface area contributed by atoms with Gasteiger partial charge in [0.05, 0.1) is 5.56 Å². The number of esters is 4. The summed E-state index contributed by atoms with van der Waals surface area (Å²) in [6.45, 7) is 13.3. The molecular formula is C30H21FO8. The van der Waals surface area contributed by atoms with Crippen LogP contribution in [0.3, 0.4) is 0 Å². The lowest BCUT2D eigenvalue weighted by Crippen LogP contribution is -2.08. The smallest absolute Gasteiger partial charge is 0.335 e. The van der Waals surface area contributed by atoms with E-state index in [2.05, 4.69) is 26.3 Å². The first-order valence-electron chi connectivity index (χ1n) is 11.1. The lowest BCUT2D eigenvalue weighted by atomic mass is 9.98. The number of carbonyl (C=O) groups excluding carboxylic acids is 4. The van der Waals surface area contributed by atoms with Crippen LogP contribution >= 0.6 is 0 Å². The van der Waals surface area contributed by atoms with Gasteiger partial charge in [0.15, 0.2) is 0 Å². The van der Waals surface area contributed by atoms with E-state index in [1.165, 1.54) is 18.2 Å². The third kappa shape index (κ3) is 7.01. The zero-order chi connectivity index (χ0) is 28.5. The number of halogens is 1. The SMILES string of the molecule is C=CC(=O)Oc1ccc(-c2ccc(-c3c(F)cc(OC(=O)C=C)cc3OC(=O)C=C)cc2)c(OC(=O)C=C)c1. The van der Waals surface area contributed by atoms with Crippen molar-refractivity contribution in [3.8, 4) is 45.3 Å². The van der Waals surface area contributed by atoms with Gasteiger partial charge in [-0.15, -0.1) is 0 Å². The standard InChI is InChI=1S/C30H21FO8/c1-5-26(32)36-20-13-14-22(24(16-20)38-28(34)7-3)18-9-11-19(12-10-18)30-23(31)15-21(37-27(33)6-2)17-25(30)39-29(35)8-4/h5-17H,1-4H2. The molecule has 3 aromatic carbocycles. The molecule has 0 heterocycles. The Balaban J connectivity index is 2.06. The lowest BCUT2D eigenvalue weighted by Gasteiger charge is -2.14. The Labute approximate surface area is 222 Å². The van der Waals surface area contributed by atoms with E-state index in [0.717, 1.165) is 30.4 Å². The molecule has 0 amide bonds. The molecule has 0 aromatic heterocycles. The summed E-state index contributed by atoms with van der Waals surface area (Å²) in [6.07, 6.45) is 3.75. The molecule has 0 unspecified atom stereocenters. The van der Waals surface area contributed by atoms with E-state index in [1.54, 1.807) is 30.3 Å². The molecule has 0 saturated heterocycles. The van der Waals surface area contributed by atoms with E-state index >= 15 is 4.39 Å². The average molecular weight is 528 g/mol. The molecule has 0 aliphatic rings. The van der Waals surface area contributed by atoms with Crippen LogP contribution in [-0.2, 0) is 19.2 Å². The maximum absolute atomic E-state index is 15.2. The molecule has 39 heavy (non-hydrogen) atoms. The van der Waals surface area contributed by atoms with E-state index in [0.29, 0.717) is 16.7 Å². The van der Waals surface area contributed by atoms with Crippen LogP contribution in [0.1, 0.15) is 0 Å². The number of hydrogen-bond donors (Lipinski definition) is 0. The molecule has 0 aliphatic heterocycles. The minimum atomic E-state index is -0.856. The monoisotopic (exact) mass is 528 g/mol. The quantitative estimate of drug-likeness (QED) is 0.192. The number of benzene rings is 3. The first-order valence-corrected chi connectivity index (χ1v) is 11.1. The second kappa shape index (κ2) is 12.6. The van der Waals surface area contributed by atoms with Crippen molar-refractivity contribution in [2.45, 2.75) is 0 Å². The summed E-state index contributed by atoms with van der Waals surface area (Å²) in [5, 5.41) is 0. The molecule has 196 valence electrons. The summed E-state index contributed by atoms with van der Waals surface area (Å²) >= 11 is 0. The van der Waals surface area contributed by atoms with Crippen LogP contribution < -0.4 is 18.9 Å². The lowest BCUT2D eigenvalue weighted by molar-refractivity contribution is -0.130. The van der Waals surface area contributed by atoms with Crippen molar-refractivity contribution >= 4 is 23.9 Å². The van der Waals surface area contributed by atoms with Crippen LogP contribution in [0.2, 0.25) is 0 Å². The summed E-state index contributed by atoms with van der Waals surface area (Å²) < 4.78 is 35.8. The zero-order valence-corrected chi connectivity index (χ0v) is 20.5. The Kier molecular flexibility index (Phi) is 9.05. The summed E-state index contributed by atoms with van der Waals surface area (Å²) in [6, 6.07) is 12.8. The highest BCUT2D eigenvalue weighted by Gasteiger charge is 2.19. The molecule has 0 aliphatic carbocycles. The number of ether oxygens (including phenoxy) is 4. The Morgan fingerprint density at radius 2 is 1.03 bits per heavy atom. The molecule has 0 saturated carbocycles. The maximum Gasteiger partial charge on any atom is 0.335 e. The van der Waals surface area contributed by atoms with Crippen molar-refractivity contribution in [3.05, 3.63) is 111 Å². The summed E-state index contributed by atoms with van der Waals surface area (Å²) in [7, 11) is 0. The van der Waals surface area contributed by atoms with Gasteiger partial charge in [-0.3, -0.25) is 0 Å². The molecule has 0 N–H and O–H groups in total. The highest BCUT2D eigenvalue weighted by molar-refractivity contribution is 5.89. The summed E-state index contributed by atoms with van der Waals surface area (Å²) in [5.41, 5.74) is 1.22. The average Bonchev–Trinajstić information content (AvgIpc) is 2.93. The Morgan fingerprint density at radius 3 is 1.59 bits per heavy atom. The van der Waals surface area contributed by atoms with E-state index in [4.69, 9.17) is 18.9 Å². The van der Waals surface area contributed by atoms with Crippen molar-refractivity contribution in [3.63, 3.8) is 0 Å². The molecule has 0 fully saturated rings. The van der Waals surface area contributed by atoms with Gasteiger partial charge in [-0.25, -0.2) is 23.6 Å². The van der Waals surface area contributed by atoms with E-state index in [9.17, 15) is 19.2 Å². The molecular weight excluding hydrogens is 507 g/mol. The van der Waals surface area contributed by atoms with Gasteiger partial charge in [0.25, 0.3) is 0 Å². The van der Waals surface area contributed by atoms with Gasteiger partial charge in [0.1, 0.15) is 28.8 Å². The Morgan fingerprint density at radius 1 is 0.564 bits per heavy atom. The highest BCUT2D eigenvalue weighted by atomic mass is 19.1. The zero-order valence-electron chi connectivity index (χ0n) is 20.5. The van der Waals surface area contributed by atoms with Gasteiger partial charge in [-0.05, 0) is 23.3 Å². The first kappa shape index (κ1) is 28.0. The van der Waals surface area contributed by atoms with Crippen LogP contribution in [0, 0.1) is 5.82 Å². The van der Waals surface area contributed by atoms with Gasteiger partial charge in [0, 0.05) is 48.1 Å². The van der Waals surface area contributed by atoms with Crippen molar-refractivity contribution in [1.82, 2.24) is 0 Å². The first-order chi connectivity index (χ1) is 18.7. The minimum Gasteiger partial charge on any atom is -0.423 e. The van der Waals surface area contributed by atoms with Crippen LogP contribution in [-0.4, -0.2) is 23.9 Å². The Bertz CT molecular complexity index is 1500. The van der Waals surface area contributed by atoms with Crippen LogP contribution in [0.15, 0.2) is 105 Å². The van der Waals surface area contributed by atoms with Crippen LogP contribution in [0.5, 0.6) is 23.0 Å². The topological polar surface area (TPSA) is 105 Å². The number of carbonyl (C=O) groups is 4. The third-order valence-corrected chi connectivity index (χ3v) is 4.99. The van der Waals surface area contributed by atoms with Gasteiger partial charge in [0.2, 0.25) is 0 Å². The molecule has 0 bridgehead atoms. The molecule has 3 aromatic rings. The summed E-state index contributed by atoms with van der Waals surface area (Å²) in [4.78, 5) is 46.9. The predicted molar refractivity (Wildman–Crippen MR) is 141 cm³/mol. The van der Waals surface area contributed by atoms with Crippen molar-refractivity contribution in [2.24, 2.45) is 0 Å². The molecule has 8 nitrogen and oxygen atoms in total. The largest absolute Gasteiger partial charge is 0.423 e. The normalized spacial score (nSPS) is 9.97. The second-order valence-corrected chi connectivity index (χ2v) is 7.51. The number of rotatable bonds is 10. The maximum atomic E-state index is 15.2. The van der Waals surface area contributed by atoms with Crippen molar-refractivity contribution < 1.29 is 42.5 Å². The number of hydrogen-bond acceptors (Lipinski definition) is 8. The molecule has 9 heteroatoms. The van der Waals surface area contributed by atoms with Crippen molar-refractivity contribution in [1.29, 1.82) is 0 Å². The Hall–Kier alpha value is -5.57. The minimum absolute atomic E-state index is 0.0715.